The highest BCUT2D eigenvalue weighted by Crippen LogP contribution is 2.35. The summed E-state index contributed by atoms with van der Waals surface area (Å²) in [4.78, 5) is 32.1. The van der Waals surface area contributed by atoms with Gasteiger partial charge in [-0.05, 0) is 66.6 Å². The van der Waals surface area contributed by atoms with Crippen molar-refractivity contribution in [3.8, 4) is 17.2 Å². The molecule has 12 heteroatoms. The van der Waals surface area contributed by atoms with E-state index in [1.807, 2.05) is 0 Å². The second-order valence-corrected chi connectivity index (χ2v) is 11.5. The fourth-order valence-electron chi connectivity index (χ4n) is 4.72. The van der Waals surface area contributed by atoms with E-state index in [1.165, 1.54) is 12.1 Å². The van der Waals surface area contributed by atoms with E-state index < -0.39 is 22.9 Å². The lowest BCUT2D eigenvalue weighted by Crippen LogP contribution is -2.31. The number of hydrogen-bond donors (Lipinski definition) is 1. The van der Waals surface area contributed by atoms with Crippen molar-refractivity contribution < 1.29 is 37.0 Å². The molecule has 2 aliphatic rings. The summed E-state index contributed by atoms with van der Waals surface area (Å²) in [5.41, 5.74) is 0.511. The normalized spacial score (nSPS) is 16.5. The zero-order valence-electron chi connectivity index (χ0n) is 24.1. The predicted molar refractivity (Wildman–Crippen MR) is 163 cm³/mol. The molecule has 0 aliphatic carbocycles. The number of unbranched alkanes of at least 4 members (excludes halogenated alkanes) is 3. The Balaban J connectivity index is 1.30. The third-order valence-electron chi connectivity index (χ3n) is 7.00. The summed E-state index contributed by atoms with van der Waals surface area (Å²) in [6, 6.07) is 16.8. The van der Waals surface area contributed by atoms with Gasteiger partial charge in [-0.3, -0.25) is 14.6 Å². The highest BCUT2D eigenvalue weighted by atomic mass is 32.2. The zero-order chi connectivity index (χ0) is 31.1. The molecule has 0 spiro atoms. The van der Waals surface area contributed by atoms with Gasteiger partial charge in [0, 0.05) is 12.1 Å². The maximum absolute atomic E-state index is 13.4. The van der Waals surface area contributed by atoms with Crippen LogP contribution in [0.3, 0.4) is 0 Å². The van der Waals surface area contributed by atoms with E-state index in [2.05, 4.69) is 17.2 Å². The van der Waals surface area contributed by atoms with Crippen LogP contribution in [0.25, 0.3) is 0 Å². The maximum atomic E-state index is 13.4. The number of amidine groups is 1. The Bertz CT molecular complexity index is 1510. The lowest BCUT2D eigenvalue weighted by atomic mass is 10.2. The fourth-order valence-corrected chi connectivity index (χ4v) is 5.74. The predicted octanol–water partition coefficient (Wildman–Crippen LogP) is 7.43. The van der Waals surface area contributed by atoms with Gasteiger partial charge in [-0.15, -0.1) is 0 Å². The number of ether oxygens (including phenoxy) is 3. The molecule has 1 atom stereocenters. The average molecular weight is 628 g/mol. The number of fused-ring (bicyclic) bond motifs is 1. The standard InChI is InChI=1S/C32H32F3N3O5S/c1-2-3-4-5-15-41-25-12-10-24(11-13-25)38-29(39)18-28(30(38)40)44-31(37-23-8-6-7-22(17-23)32(33,34)35)36-19-21-9-14-26-27(16-21)43-20-42-26/h6-14,16-17,28H,2-5,15,18-20H2,1H3,(H,36,37). The van der Waals surface area contributed by atoms with Gasteiger partial charge in [0.1, 0.15) is 11.0 Å². The van der Waals surface area contributed by atoms with Gasteiger partial charge in [0.25, 0.3) is 0 Å². The van der Waals surface area contributed by atoms with E-state index in [1.54, 1.807) is 42.5 Å². The van der Waals surface area contributed by atoms with Gasteiger partial charge in [0.15, 0.2) is 16.7 Å². The molecule has 8 nitrogen and oxygen atoms in total. The van der Waals surface area contributed by atoms with E-state index in [0.717, 1.165) is 60.0 Å². The van der Waals surface area contributed by atoms with Gasteiger partial charge in [-0.1, -0.05) is 50.1 Å². The van der Waals surface area contributed by atoms with E-state index >= 15 is 0 Å². The van der Waals surface area contributed by atoms with Crippen molar-refractivity contribution in [1.29, 1.82) is 0 Å². The number of amides is 2. The number of carbonyl (C=O) groups excluding carboxylic acids is 2. The molecule has 0 aromatic heterocycles. The highest BCUT2D eigenvalue weighted by Gasteiger charge is 2.41. The van der Waals surface area contributed by atoms with Crippen LogP contribution in [0.1, 0.15) is 50.2 Å². The quantitative estimate of drug-likeness (QED) is 0.102. The largest absolute Gasteiger partial charge is 0.494 e. The Morgan fingerprint density at radius 3 is 2.59 bits per heavy atom. The Labute approximate surface area is 257 Å². The summed E-state index contributed by atoms with van der Waals surface area (Å²) in [5.74, 6) is 1.01. The molecule has 44 heavy (non-hydrogen) atoms. The number of aliphatic imine (C=N–C) groups is 1. The second-order valence-electron chi connectivity index (χ2n) is 10.3. The number of rotatable bonds is 11. The second kappa shape index (κ2) is 14.1. The Morgan fingerprint density at radius 1 is 1.02 bits per heavy atom. The van der Waals surface area contributed by atoms with Crippen LogP contribution in [-0.2, 0) is 22.3 Å². The number of carbonyl (C=O) groups is 2. The number of benzene rings is 3. The number of alkyl halides is 3. The minimum atomic E-state index is -4.53. The number of halogens is 3. The topological polar surface area (TPSA) is 89.5 Å². The zero-order valence-corrected chi connectivity index (χ0v) is 24.9. The molecular weight excluding hydrogens is 595 g/mol. The molecule has 1 saturated heterocycles. The van der Waals surface area contributed by atoms with Crippen LogP contribution >= 0.6 is 11.8 Å². The van der Waals surface area contributed by atoms with E-state index in [4.69, 9.17) is 14.2 Å². The summed E-state index contributed by atoms with van der Waals surface area (Å²) in [6.45, 7) is 2.99. The third-order valence-corrected chi connectivity index (χ3v) is 8.11. The summed E-state index contributed by atoms with van der Waals surface area (Å²) in [6.07, 6.45) is -0.286. The first-order chi connectivity index (χ1) is 21.2. The number of thioether (sulfide) groups is 1. The summed E-state index contributed by atoms with van der Waals surface area (Å²) in [7, 11) is 0. The van der Waals surface area contributed by atoms with Crippen LogP contribution in [-0.4, -0.2) is 35.6 Å². The van der Waals surface area contributed by atoms with Crippen molar-refractivity contribution >= 4 is 40.1 Å². The van der Waals surface area contributed by atoms with Crippen molar-refractivity contribution in [3.63, 3.8) is 0 Å². The van der Waals surface area contributed by atoms with E-state index in [9.17, 15) is 22.8 Å². The Hall–Kier alpha value is -4.19. The highest BCUT2D eigenvalue weighted by molar-refractivity contribution is 8.15. The molecule has 3 aromatic rings. The Kier molecular flexibility index (Phi) is 9.99. The van der Waals surface area contributed by atoms with E-state index in [0.29, 0.717) is 29.5 Å². The minimum Gasteiger partial charge on any atom is -0.494 e. The van der Waals surface area contributed by atoms with Crippen LogP contribution in [0.15, 0.2) is 71.7 Å². The van der Waals surface area contributed by atoms with Gasteiger partial charge in [-0.25, -0.2) is 4.90 Å². The van der Waals surface area contributed by atoms with Crippen LogP contribution in [0.4, 0.5) is 24.5 Å². The van der Waals surface area contributed by atoms with Gasteiger partial charge < -0.3 is 19.5 Å². The molecule has 1 N–H and O–H groups in total. The summed E-state index contributed by atoms with van der Waals surface area (Å²) >= 11 is 1.00. The van der Waals surface area contributed by atoms with Gasteiger partial charge in [0.2, 0.25) is 18.6 Å². The molecule has 1 fully saturated rings. The first-order valence-electron chi connectivity index (χ1n) is 14.3. The number of imide groups is 1. The molecule has 1 unspecified atom stereocenters. The molecular formula is C32H32F3N3O5S. The van der Waals surface area contributed by atoms with Crippen molar-refractivity contribution in [2.24, 2.45) is 4.99 Å². The van der Waals surface area contributed by atoms with Gasteiger partial charge in [-0.2, -0.15) is 13.2 Å². The number of nitrogens with zero attached hydrogens (tertiary/aromatic N) is 2. The molecule has 0 radical (unpaired) electrons. The van der Waals surface area contributed by atoms with Crippen molar-refractivity contribution in [3.05, 3.63) is 77.9 Å². The maximum Gasteiger partial charge on any atom is 0.416 e. The molecule has 2 heterocycles. The van der Waals surface area contributed by atoms with Crippen LogP contribution < -0.4 is 24.4 Å². The molecule has 0 bridgehead atoms. The number of nitrogens with one attached hydrogen (secondary N) is 1. The van der Waals surface area contributed by atoms with Crippen molar-refractivity contribution in [2.45, 2.75) is 57.0 Å². The fraction of sp³-hybridized carbons (Fsp3) is 0.344. The molecule has 3 aromatic carbocycles. The lowest BCUT2D eigenvalue weighted by Gasteiger charge is -2.17. The van der Waals surface area contributed by atoms with E-state index in [-0.39, 0.29) is 36.5 Å². The summed E-state index contributed by atoms with van der Waals surface area (Å²) < 4.78 is 56.6. The number of hydrogen-bond acceptors (Lipinski definition) is 7. The van der Waals surface area contributed by atoms with Crippen LogP contribution in [0.5, 0.6) is 17.2 Å². The number of anilines is 2. The molecule has 232 valence electrons. The smallest absolute Gasteiger partial charge is 0.416 e. The van der Waals surface area contributed by atoms with Crippen LogP contribution in [0, 0.1) is 0 Å². The van der Waals surface area contributed by atoms with Gasteiger partial charge >= 0.3 is 6.18 Å². The first kappa shape index (κ1) is 31.2. The van der Waals surface area contributed by atoms with Gasteiger partial charge in [0.05, 0.1) is 24.4 Å². The Morgan fingerprint density at radius 2 is 1.82 bits per heavy atom. The summed E-state index contributed by atoms with van der Waals surface area (Å²) in [5, 5.41) is 2.30. The minimum absolute atomic E-state index is 0.0908. The molecule has 2 aliphatic heterocycles. The molecule has 0 saturated carbocycles. The SMILES string of the molecule is CCCCCCOc1ccc(N2C(=O)CC(SC(=NCc3ccc4c(c3)OCO4)Nc3cccc(C(F)(F)F)c3)C2=O)cc1. The van der Waals surface area contributed by atoms with Crippen molar-refractivity contribution in [1.82, 2.24) is 0 Å². The lowest BCUT2D eigenvalue weighted by molar-refractivity contribution is -0.137. The molecule has 5 rings (SSSR count). The van der Waals surface area contributed by atoms with Crippen LogP contribution in [0.2, 0.25) is 0 Å². The molecule has 2 amide bonds. The average Bonchev–Trinajstić information content (AvgIpc) is 3.58. The third kappa shape index (κ3) is 7.85. The van der Waals surface area contributed by atoms with Crippen molar-refractivity contribution in [2.75, 3.05) is 23.6 Å². The monoisotopic (exact) mass is 627 g/mol. The first-order valence-corrected chi connectivity index (χ1v) is 15.2.